The minimum atomic E-state index is 0.0800. The Morgan fingerprint density at radius 3 is 2.89 bits per heavy atom. The molecule has 0 aliphatic carbocycles. The van der Waals surface area contributed by atoms with E-state index in [9.17, 15) is 4.79 Å². The van der Waals surface area contributed by atoms with Crippen molar-refractivity contribution in [2.24, 2.45) is 0 Å². The molecule has 3 rings (SSSR count). The maximum absolute atomic E-state index is 12.1. The Labute approximate surface area is 113 Å². The topological polar surface area (TPSA) is 42.0 Å². The van der Waals surface area contributed by atoms with Crippen molar-refractivity contribution in [3.05, 3.63) is 52.0 Å². The number of rotatable bonds is 2. The third-order valence-corrected chi connectivity index (χ3v) is 4.51. The normalized spacial score (nSPS) is 16.1. The lowest BCUT2D eigenvalue weighted by atomic mass is 10.1. The van der Waals surface area contributed by atoms with Crippen LogP contribution in [0.3, 0.4) is 0 Å². The van der Waals surface area contributed by atoms with E-state index in [4.69, 9.17) is 0 Å². The molecule has 0 amide bonds. The van der Waals surface area contributed by atoms with Gasteiger partial charge in [0.2, 0.25) is 5.78 Å². The quantitative estimate of drug-likeness (QED) is 0.848. The number of thioether (sulfide) groups is 1. The number of anilines is 1. The summed E-state index contributed by atoms with van der Waals surface area (Å²) in [5, 5.41) is 5.86. The first-order chi connectivity index (χ1) is 8.74. The maximum Gasteiger partial charge on any atom is 0.202 e. The second-order valence-corrected chi connectivity index (χ2v) is 5.82. The molecule has 0 saturated carbocycles. The summed E-state index contributed by atoms with van der Waals surface area (Å²) in [5.74, 6) is 0.0800. The maximum atomic E-state index is 12.1. The van der Waals surface area contributed by atoms with Gasteiger partial charge in [0.05, 0.1) is 10.6 Å². The fourth-order valence-electron chi connectivity index (χ4n) is 1.68. The number of allylic oxidation sites excluding steroid dienone is 1. The summed E-state index contributed by atoms with van der Waals surface area (Å²) in [5.41, 5.74) is 1.76. The zero-order valence-electron chi connectivity index (χ0n) is 9.64. The second-order valence-electron chi connectivity index (χ2n) is 3.87. The average molecular weight is 274 g/mol. The first kappa shape index (κ1) is 11.5. The molecule has 1 aromatic heterocycles. The van der Waals surface area contributed by atoms with Crippen molar-refractivity contribution in [3.8, 4) is 0 Å². The Morgan fingerprint density at radius 2 is 2.17 bits per heavy atom. The SMILES string of the molecule is Cc1csc(NC=C2Sc3ccccc3C2=O)n1. The van der Waals surface area contributed by atoms with Crippen LogP contribution in [0, 0.1) is 6.92 Å². The van der Waals surface area contributed by atoms with Crippen molar-refractivity contribution >= 4 is 34.0 Å². The fourth-order valence-corrected chi connectivity index (χ4v) is 3.32. The standard InChI is InChI=1S/C13H10N2OS2/c1-8-7-17-13(15-8)14-6-11-12(16)9-4-2-3-5-10(9)18-11/h2-7H,1H3,(H,14,15). The van der Waals surface area contributed by atoms with E-state index in [1.807, 2.05) is 36.6 Å². The summed E-state index contributed by atoms with van der Waals surface area (Å²) in [6.45, 7) is 1.94. The molecule has 18 heavy (non-hydrogen) atoms. The minimum Gasteiger partial charge on any atom is -0.337 e. The van der Waals surface area contributed by atoms with Crippen LogP contribution in [0.15, 0.2) is 45.6 Å². The number of benzene rings is 1. The Hall–Kier alpha value is -1.59. The molecule has 0 atom stereocenters. The summed E-state index contributed by atoms with van der Waals surface area (Å²) in [4.78, 5) is 18.1. The third kappa shape index (κ3) is 2.07. The molecule has 1 aliphatic rings. The van der Waals surface area contributed by atoms with Crippen LogP contribution in [0.5, 0.6) is 0 Å². The fraction of sp³-hybridized carbons (Fsp3) is 0.0769. The molecule has 0 saturated heterocycles. The number of nitrogens with one attached hydrogen (secondary N) is 1. The molecule has 5 heteroatoms. The molecule has 2 heterocycles. The van der Waals surface area contributed by atoms with Gasteiger partial charge in [-0.25, -0.2) is 4.98 Å². The number of fused-ring (bicyclic) bond motifs is 1. The molecule has 90 valence electrons. The van der Waals surface area contributed by atoms with Gasteiger partial charge < -0.3 is 5.32 Å². The number of aromatic nitrogens is 1. The predicted molar refractivity (Wildman–Crippen MR) is 75.2 cm³/mol. The van der Waals surface area contributed by atoms with E-state index in [-0.39, 0.29) is 5.78 Å². The zero-order valence-corrected chi connectivity index (χ0v) is 11.3. The van der Waals surface area contributed by atoms with Gasteiger partial charge in [-0.05, 0) is 19.1 Å². The minimum absolute atomic E-state index is 0.0800. The van der Waals surface area contributed by atoms with Crippen LogP contribution in [-0.2, 0) is 0 Å². The monoisotopic (exact) mass is 274 g/mol. The molecule has 0 bridgehead atoms. The molecule has 0 unspecified atom stereocenters. The summed E-state index contributed by atoms with van der Waals surface area (Å²) in [7, 11) is 0. The van der Waals surface area contributed by atoms with Crippen molar-refractivity contribution in [2.45, 2.75) is 11.8 Å². The number of hydrogen-bond donors (Lipinski definition) is 1. The number of carbonyl (C=O) groups excluding carboxylic acids is 1. The molecule has 0 spiro atoms. The van der Waals surface area contributed by atoms with E-state index in [0.717, 1.165) is 21.3 Å². The van der Waals surface area contributed by atoms with E-state index in [1.165, 1.54) is 23.1 Å². The van der Waals surface area contributed by atoms with Gasteiger partial charge in [0.15, 0.2) is 5.13 Å². The predicted octanol–water partition coefficient (Wildman–Crippen LogP) is 3.69. The van der Waals surface area contributed by atoms with Gasteiger partial charge in [-0.3, -0.25) is 4.79 Å². The van der Waals surface area contributed by atoms with Gasteiger partial charge in [-0.2, -0.15) is 0 Å². The first-order valence-electron chi connectivity index (χ1n) is 5.44. The lowest BCUT2D eigenvalue weighted by Gasteiger charge is -1.96. The van der Waals surface area contributed by atoms with Crippen LogP contribution in [0.25, 0.3) is 0 Å². The lowest BCUT2D eigenvalue weighted by Crippen LogP contribution is -1.97. The van der Waals surface area contributed by atoms with Gasteiger partial charge in [0, 0.05) is 22.0 Å². The van der Waals surface area contributed by atoms with Crippen molar-refractivity contribution < 1.29 is 4.79 Å². The van der Waals surface area contributed by atoms with Crippen LogP contribution >= 0.6 is 23.1 Å². The van der Waals surface area contributed by atoms with Gasteiger partial charge in [-0.1, -0.05) is 23.9 Å². The molecule has 1 aliphatic heterocycles. The highest BCUT2D eigenvalue weighted by molar-refractivity contribution is 8.04. The van der Waals surface area contributed by atoms with Gasteiger partial charge in [-0.15, -0.1) is 11.3 Å². The molecular formula is C13H10N2OS2. The number of nitrogens with zero attached hydrogens (tertiary/aromatic N) is 1. The number of thiazole rings is 1. The number of aryl methyl sites for hydroxylation is 1. The molecule has 1 aromatic carbocycles. The molecular weight excluding hydrogens is 264 g/mol. The van der Waals surface area contributed by atoms with Crippen molar-refractivity contribution in [1.82, 2.24) is 4.98 Å². The van der Waals surface area contributed by atoms with Crippen LogP contribution < -0.4 is 5.32 Å². The van der Waals surface area contributed by atoms with Crippen molar-refractivity contribution in [1.29, 1.82) is 0 Å². The molecule has 0 fully saturated rings. The Balaban J connectivity index is 1.82. The Morgan fingerprint density at radius 1 is 1.33 bits per heavy atom. The van der Waals surface area contributed by atoms with E-state index in [1.54, 1.807) is 6.20 Å². The third-order valence-electron chi connectivity index (χ3n) is 2.52. The number of hydrogen-bond acceptors (Lipinski definition) is 5. The van der Waals surface area contributed by atoms with Gasteiger partial charge in [0.25, 0.3) is 0 Å². The first-order valence-corrected chi connectivity index (χ1v) is 7.14. The van der Waals surface area contributed by atoms with E-state index in [0.29, 0.717) is 4.91 Å². The number of ketones is 1. The largest absolute Gasteiger partial charge is 0.337 e. The highest BCUT2D eigenvalue weighted by Gasteiger charge is 2.25. The Bertz CT molecular complexity index is 646. The van der Waals surface area contributed by atoms with E-state index in [2.05, 4.69) is 10.3 Å². The molecule has 2 aromatic rings. The molecule has 3 nitrogen and oxygen atoms in total. The van der Waals surface area contributed by atoms with Crippen LogP contribution in [0.2, 0.25) is 0 Å². The highest BCUT2D eigenvalue weighted by atomic mass is 32.2. The summed E-state index contributed by atoms with van der Waals surface area (Å²) < 4.78 is 0. The Kier molecular flexibility index (Phi) is 2.93. The number of Topliss-reactive ketones (excluding diaryl/α,β-unsaturated/α-hetero) is 1. The average Bonchev–Trinajstić information content (AvgIpc) is 2.92. The molecule has 0 radical (unpaired) electrons. The second kappa shape index (κ2) is 4.59. The summed E-state index contributed by atoms with van der Waals surface area (Å²) in [6, 6.07) is 7.66. The lowest BCUT2D eigenvalue weighted by molar-refractivity contribution is 0.104. The summed E-state index contributed by atoms with van der Waals surface area (Å²) >= 11 is 3.03. The highest BCUT2D eigenvalue weighted by Crippen LogP contribution is 2.39. The molecule has 1 N–H and O–H groups in total. The van der Waals surface area contributed by atoms with Gasteiger partial charge >= 0.3 is 0 Å². The van der Waals surface area contributed by atoms with Crippen LogP contribution in [0.4, 0.5) is 5.13 Å². The van der Waals surface area contributed by atoms with Crippen LogP contribution in [0.1, 0.15) is 16.1 Å². The van der Waals surface area contributed by atoms with E-state index < -0.39 is 0 Å². The van der Waals surface area contributed by atoms with E-state index >= 15 is 0 Å². The van der Waals surface area contributed by atoms with Crippen molar-refractivity contribution in [3.63, 3.8) is 0 Å². The number of carbonyl (C=O) groups is 1. The van der Waals surface area contributed by atoms with Crippen LogP contribution in [-0.4, -0.2) is 10.8 Å². The smallest absolute Gasteiger partial charge is 0.202 e. The van der Waals surface area contributed by atoms with Gasteiger partial charge in [0.1, 0.15) is 0 Å². The zero-order chi connectivity index (χ0) is 12.5. The summed E-state index contributed by atoms with van der Waals surface area (Å²) in [6.07, 6.45) is 1.74. The van der Waals surface area contributed by atoms with Crippen molar-refractivity contribution in [2.75, 3.05) is 5.32 Å².